The molecule has 2 fully saturated rings. The molecule has 2 saturated heterocycles. The number of piperidine rings is 1. The quantitative estimate of drug-likeness (QED) is 0.321. The number of halogens is 2. The first-order valence-electron chi connectivity index (χ1n) is 12.7. The summed E-state index contributed by atoms with van der Waals surface area (Å²) in [5, 5.41) is 31.5. The van der Waals surface area contributed by atoms with E-state index in [4.69, 9.17) is 4.74 Å². The summed E-state index contributed by atoms with van der Waals surface area (Å²) in [7, 11) is -1.74. The molecule has 0 aromatic carbocycles. The lowest BCUT2D eigenvalue weighted by molar-refractivity contribution is -0.138. The molecule has 0 bridgehead atoms. The van der Waals surface area contributed by atoms with Gasteiger partial charge in [0.15, 0.2) is 0 Å². The maximum atomic E-state index is 13.7. The molecule has 0 aromatic rings. The first-order valence-corrected chi connectivity index (χ1v) is 12.7. The van der Waals surface area contributed by atoms with Crippen LogP contribution in [-0.2, 0) is 9.53 Å². The third-order valence-electron chi connectivity index (χ3n) is 7.43. The summed E-state index contributed by atoms with van der Waals surface area (Å²) in [6.45, 7) is 3.89. The molecule has 3 atom stereocenters. The molecule has 0 aromatic heterocycles. The smallest absolute Gasteiger partial charge is 0.444 e. The normalized spacial score (nSPS) is 24.0. The number of allylic oxidation sites excluding steroid dienone is 1. The number of likely N-dealkylation sites (tertiary alicyclic amines) is 2. The SMILES string of the molecule is CC(C)(CC(C#N)C(=O)N1CCC[C@H](OC(=O)N[C@@H](CC2=CCCC2)B(O)O)C1)N1CCC(F)(F)C1. The average molecular weight is 510 g/mol. The van der Waals surface area contributed by atoms with Crippen molar-refractivity contribution in [1.29, 1.82) is 5.26 Å². The number of nitrogens with one attached hydrogen (secondary N) is 1. The number of alkyl halides is 2. The van der Waals surface area contributed by atoms with E-state index in [2.05, 4.69) is 5.32 Å². The summed E-state index contributed by atoms with van der Waals surface area (Å²) in [5.74, 6) is -5.07. The third kappa shape index (κ3) is 7.64. The van der Waals surface area contributed by atoms with Gasteiger partial charge < -0.3 is 25.0 Å². The topological polar surface area (TPSA) is 126 Å². The van der Waals surface area contributed by atoms with Gasteiger partial charge in [-0.3, -0.25) is 9.69 Å². The summed E-state index contributed by atoms with van der Waals surface area (Å²) in [6, 6.07) is 2.04. The number of rotatable bonds is 9. The first kappa shape index (κ1) is 28.3. The predicted molar refractivity (Wildman–Crippen MR) is 129 cm³/mol. The zero-order chi connectivity index (χ0) is 26.5. The van der Waals surface area contributed by atoms with Gasteiger partial charge in [-0.15, -0.1) is 0 Å². The van der Waals surface area contributed by atoms with Crippen LogP contribution in [0.3, 0.4) is 0 Å². The van der Waals surface area contributed by atoms with Crippen LogP contribution < -0.4 is 5.32 Å². The summed E-state index contributed by atoms with van der Waals surface area (Å²) < 4.78 is 32.9. The minimum atomic E-state index is -2.76. The van der Waals surface area contributed by atoms with Crippen LogP contribution >= 0.6 is 0 Å². The summed E-state index contributed by atoms with van der Waals surface area (Å²) >= 11 is 0. The van der Waals surface area contributed by atoms with Crippen LogP contribution in [-0.4, -0.2) is 88.7 Å². The molecule has 0 saturated carbocycles. The molecule has 0 radical (unpaired) electrons. The standard InChI is InChI=1S/C24H37BF2N4O5/c1-23(2,31-11-9-24(26,27)16-31)13-18(14-28)21(32)30-10-5-8-19(15-30)36-22(33)29-20(25(34)35)12-17-6-3-4-7-17/h6,18-20,34-35H,3-5,7-13,15-16H2,1-2H3,(H,29,33)/t18?,19-,20-/m0/s1. The minimum Gasteiger partial charge on any atom is -0.444 e. The number of carbonyl (C=O) groups is 2. The monoisotopic (exact) mass is 510 g/mol. The van der Waals surface area contributed by atoms with Crippen LogP contribution in [0.15, 0.2) is 11.6 Å². The van der Waals surface area contributed by atoms with Crippen LogP contribution in [0.1, 0.15) is 65.2 Å². The molecule has 200 valence electrons. The van der Waals surface area contributed by atoms with Crippen LogP contribution in [0, 0.1) is 17.2 Å². The molecule has 1 unspecified atom stereocenters. The van der Waals surface area contributed by atoms with E-state index in [-0.39, 0.29) is 32.5 Å². The van der Waals surface area contributed by atoms with Gasteiger partial charge in [-0.25, -0.2) is 13.6 Å². The van der Waals surface area contributed by atoms with E-state index in [9.17, 15) is 33.7 Å². The van der Waals surface area contributed by atoms with Crippen LogP contribution in [0.2, 0.25) is 0 Å². The number of carbonyl (C=O) groups excluding carboxylic acids is 2. The molecular weight excluding hydrogens is 473 g/mol. The lowest BCUT2D eigenvalue weighted by atomic mass is 9.76. The number of hydrogen-bond donors (Lipinski definition) is 3. The molecule has 3 aliphatic rings. The van der Waals surface area contributed by atoms with Gasteiger partial charge in [0.2, 0.25) is 5.91 Å². The Bertz CT molecular complexity index is 879. The summed E-state index contributed by atoms with van der Waals surface area (Å²) in [5.41, 5.74) is 0.308. The van der Waals surface area contributed by atoms with Crippen LogP contribution in [0.25, 0.3) is 0 Å². The second kappa shape index (κ2) is 11.9. The largest absolute Gasteiger partial charge is 0.475 e. The fraction of sp³-hybridized carbons (Fsp3) is 0.792. The molecule has 36 heavy (non-hydrogen) atoms. The highest BCUT2D eigenvalue weighted by Gasteiger charge is 2.45. The van der Waals surface area contributed by atoms with Crippen LogP contribution in [0.5, 0.6) is 0 Å². The van der Waals surface area contributed by atoms with Crippen molar-refractivity contribution in [1.82, 2.24) is 15.1 Å². The predicted octanol–water partition coefficient (Wildman–Crippen LogP) is 2.23. The number of nitrogens with zero attached hydrogens (tertiary/aromatic N) is 3. The highest BCUT2D eigenvalue weighted by molar-refractivity contribution is 6.43. The molecular formula is C24H37BF2N4O5. The van der Waals surface area contributed by atoms with E-state index in [0.717, 1.165) is 24.8 Å². The zero-order valence-electron chi connectivity index (χ0n) is 21.1. The third-order valence-corrected chi connectivity index (χ3v) is 7.43. The molecule has 1 aliphatic carbocycles. The Labute approximate surface area is 211 Å². The number of nitriles is 1. The van der Waals surface area contributed by atoms with E-state index in [1.165, 1.54) is 4.90 Å². The van der Waals surface area contributed by atoms with Crippen molar-refractivity contribution in [3.05, 3.63) is 11.6 Å². The van der Waals surface area contributed by atoms with Crippen molar-refractivity contribution in [3.63, 3.8) is 0 Å². The Morgan fingerprint density at radius 3 is 2.69 bits per heavy atom. The van der Waals surface area contributed by atoms with Gasteiger partial charge >= 0.3 is 13.2 Å². The summed E-state index contributed by atoms with van der Waals surface area (Å²) in [4.78, 5) is 28.7. The van der Waals surface area contributed by atoms with E-state index in [1.807, 2.05) is 12.1 Å². The van der Waals surface area contributed by atoms with Gasteiger partial charge in [-0.1, -0.05) is 11.6 Å². The average Bonchev–Trinajstić information content (AvgIpc) is 3.46. The van der Waals surface area contributed by atoms with Gasteiger partial charge in [0, 0.05) is 25.0 Å². The van der Waals surface area contributed by atoms with Crippen molar-refractivity contribution in [3.8, 4) is 6.07 Å². The molecule has 2 heterocycles. The lowest BCUT2D eigenvalue weighted by Crippen LogP contribution is -2.51. The Morgan fingerprint density at radius 1 is 1.36 bits per heavy atom. The van der Waals surface area contributed by atoms with Crippen molar-refractivity contribution < 1.29 is 33.2 Å². The van der Waals surface area contributed by atoms with Gasteiger partial charge in [0.05, 0.1) is 25.1 Å². The minimum absolute atomic E-state index is 0.115. The molecule has 9 nitrogen and oxygen atoms in total. The first-order chi connectivity index (χ1) is 16.9. The molecule has 12 heteroatoms. The van der Waals surface area contributed by atoms with Crippen molar-refractivity contribution >= 4 is 19.1 Å². The maximum absolute atomic E-state index is 13.7. The van der Waals surface area contributed by atoms with E-state index in [1.54, 1.807) is 18.7 Å². The molecule has 2 amide bonds. The van der Waals surface area contributed by atoms with Crippen LogP contribution in [0.4, 0.5) is 13.6 Å². The Kier molecular flexibility index (Phi) is 9.36. The zero-order valence-corrected chi connectivity index (χ0v) is 21.1. The van der Waals surface area contributed by atoms with Crippen molar-refractivity contribution in [2.75, 3.05) is 26.2 Å². The number of alkyl carbamates (subject to hydrolysis) is 1. The van der Waals surface area contributed by atoms with Gasteiger partial charge in [0.25, 0.3) is 5.92 Å². The molecule has 3 N–H and O–H groups in total. The Morgan fingerprint density at radius 2 is 2.11 bits per heavy atom. The highest BCUT2D eigenvalue weighted by atomic mass is 19.3. The number of amides is 2. The van der Waals surface area contributed by atoms with Gasteiger partial charge in [0.1, 0.15) is 12.0 Å². The van der Waals surface area contributed by atoms with E-state index >= 15 is 0 Å². The van der Waals surface area contributed by atoms with E-state index in [0.29, 0.717) is 25.8 Å². The second-order valence-corrected chi connectivity index (χ2v) is 10.8. The second-order valence-electron chi connectivity index (χ2n) is 10.8. The molecule has 3 rings (SSSR count). The Balaban J connectivity index is 1.53. The fourth-order valence-corrected chi connectivity index (χ4v) is 5.30. The number of ether oxygens (including phenoxy) is 1. The van der Waals surface area contributed by atoms with E-state index < -0.39 is 48.5 Å². The summed E-state index contributed by atoms with van der Waals surface area (Å²) in [6.07, 6.45) is 4.75. The number of hydrogen-bond acceptors (Lipinski definition) is 7. The van der Waals surface area contributed by atoms with Gasteiger partial charge in [-0.05, 0) is 58.8 Å². The lowest BCUT2D eigenvalue weighted by Gasteiger charge is -2.38. The highest BCUT2D eigenvalue weighted by Crippen LogP contribution is 2.35. The Hall–Kier alpha value is -2.23. The van der Waals surface area contributed by atoms with Crippen molar-refractivity contribution in [2.45, 2.75) is 88.7 Å². The fourth-order valence-electron chi connectivity index (χ4n) is 5.30. The molecule has 0 spiro atoms. The molecule has 2 aliphatic heterocycles. The van der Waals surface area contributed by atoms with Gasteiger partial charge in [-0.2, -0.15) is 5.26 Å². The van der Waals surface area contributed by atoms with Crippen molar-refractivity contribution in [2.24, 2.45) is 5.92 Å². The maximum Gasteiger partial charge on any atom is 0.475 e.